The Bertz CT molecular complexity index is 854. The van der Waals surface area contributed by atoms with Crippen LogP contribution in [0.5, 0.6) is 0 Å². The van der Waals surface area contributed by atoms with Crippen LogP contribution in [0.25, 0.3) is 0 Å². The number of amides is 3. The molecule has 0 aliphatic carbocycles. The Morgan fingerprint density at radius 2 is 1.07 bits per heavy atom. The molecule has 3 amide bonds. The van der Waals surface area contributed by atoms with Crippen LogP contribution in [-0.2, 0) is 4.74 Å². The molecule has 42 heavy (non-hydrogen) atoms. The number of ether oxygens (including phenoxy) is 1. The van der Waals surface area contributed by atoms with Crippen LogP contribution in [0.15, 0.2) is 0 Å². The van der Waals surface area contributed by atoms with Gasteiger partial charge in [-0.1, -0.05) is 6.42 Å². The molecule has 0 radical (unpaired) electrons. The zero-order chi connectivity index (χ0) is 32.9. The molecule has 0 saturated heterocycles. The summed E-state index contributed by atoms with van der Waals surface area (Å²) in [5, 5.41) is 19.9. The largest absolute Gasteiger partial charge is 0.465 e. The summed E-state index contributed by atoms with van der Waals surface area (Å²) in [6.07, 6.45) is -18.8. The van der Waals surface area contributed by atoms with E-state index < -0.39 is 101 Å². The SMILES string of the molecule is O=C(NCC(CCCCN(CC(F)(F)C(F)F)C(=O)O)CCCN(CC(F)(F)C(F)F)C(=O)O)OCC(F)(F)C(F)F. The van der Waals surface area contributed by atoms with Gasteiger partial charge < -0.3 is 30.1 Å². The average Bonchev–Trinajstić information content (AvgIpc) is 2.85. The lowest BCUT2D eigenvalue weighted by atomic mass is 9.96. The van der Waals surface area contributed by atoms with Crippen molar-refractivity contribution in [3.63, 3.8) is 0 Å². The molecule has 0 aliphatic heterocycles. The number of carbonyl (C=O) groups is 3. The summed E-state index contributed by atoms with van der Waals surface area (Å²) in [6.45, 7) is -7.53. The third-order valence-electron chi connectivity index (χ3n) is 5.56. The van der Waals surface area contributed by atoms with E-state index in [1.807, 2.05) is 5.32 Å². The maximum Gasteiger partial charge on any atom is 0.407 e. The number of carbonyl (C=O) groups excluding carboxylic acids is 1. The number of nitrogens with one attached hydrogen (secondary N) is 1. The maximum absolute atomic E-state index is 13.3. The third-order valence-corrected chi connectivity index (χ3v) is 5.56. The van der Waals surface area contributed by atoms with Gasteiger partial charge in [-0.15, -0.1) is 0 Å². The molecule has 0 aromatic rings. The highest BCUT2D eigenvalue weighted by molar-refractivity contribution is 5.67. The molecule has 0 aliphatic rings. The Balaban J connectivity index is 5.23. The second kappa shape index (κ2) is 17.2. The average molecular weight is 647 g/mol. The van der Waals surface area contributed by atoms with E-state index in [1.165, 1.54) is 0 Å². The lowest BCUT2D eigenvalue weighted by Gasteiger charge is -2.26. The fourth-order valence-electron chi connectivity index (χ4n) is 3.29. The molecule has 248 valence electrons. The molecule has 9 nitrogen and oxygen atoms in total. The fourth-order valence-corrected chi connectivity index (χ4v) is 3.29. The lowest BCUT2D eigenvalue weighted by molar-refractivity contribution is -0.153. The van der Waals surface area contributed by atoms with Gasteiger partial charge in [-0.3, -0.25) is 0 Å². The Hall–Kier alpha value is -3.03. The predicted octanol–water partition coefficient (Wildman–Crippen LogP) is 5.94. The first-order valence-corrected chi connectivity index (χ1v) is 12.0. The summed E-state index contributed by atoms with van der Waals surface area (Å²) in [5.41, 5.74) is 0. The van der Waals surface area contributed by atoms with Crippen LogP contribution in [0.1, 0.15) is 32.1 Å². The van der Waals surface area contributed by atoms with Crippen molar-refractivity contribution in [1.29, 1.82) is 0 Å². The molecule has 0 aromatic carbocycles. The monoisotopic (exact) mass is 647 g/mol. The molecule has 3 N–H and O–H groups in total. The smallest absolute Gasteiger partial charge is 0.407 e. The van der Waals surface area contributed by atoms with E-state index in [0.29, 0.717) is 0 Å². The highest BCUT2D eigenvalue weighted by Crippen LogP contribution is 2.26. The second-order valence-corrected chi connectivity index (χ2v) is 9.05. The lowest BCUT2D eigenvalue weighted by Crippen LogP contribution is -2.44. The molecule has 0 heterocycles. The summed E-state index contributed by atoms with van der Waals surface area (Å²) in [4.78, 5) is 33.9. The van der Waals surface area contributed by atoms with Crippen molar-refractivity contribution in [2.24, 2.45) is 5.92 Å². The van der Waals surface area contributed by atoms with Crippen LogP contribution < -0.4 is 5.32 Å². The van der Waals surface area contributed by atoms with Crippen LogP contribution in [-0.4, -0.2) is 115 Å². The van der Waals surface area contributed by atoms with E-state index in [0.717, 1.165) is 0 Å². The highest BCUT2D eigenvalue weighted by atomic mass is 19.3. The molecule has 0 spiro atoms. The van der Waals surface area contributed by atoms with Gasteiger partial charge in [0, 0.05) is 19.6 Å². The standard InChI is InChI=1S/C21H29F12N3O6/c22-13(23)19(28,29)9-35(17(38)39)6-2-1-4-12(8-34-16(37)42-11-21(32,33)15(26)27)5-3-7-36(18(40)41)10-20(30,31)14(24)25/h12-15H,1-11H2,(H,34,37)(H,38,39)(H,40,41). The molecule has 1 atom stereocenters. The molecule has 0 saturated carbocycles. The molecule has 0 fully saturated rings. The number of halogens is 12. The number of carboxylic acid groups (broad SMARTS) is 2. The van der Waals surface area contributed by atoms with E-state index in [4.69, 9.17) is 10.2 Å². The minimum Gasteiger partial charge on any atom is -0.465 e. The molecule has 1 unspecified atom stereocenters. The second-order valence-electron chi connectivity index (χ2n) is 9.05. The molecule has 0 rings (SSSR count). The molecular formula is C21H29F12N3O6. The van der Waals surface area contributed by atoms with E-state index in [9.17, 15) is 67.1 Å². The number of rotatable bonds is 20. The van der Waals surface area contributed by atoms with Gasteiger partial charge in [0.15, 0.2) is 6.61 Å². The van der Waals surface area contributed by atoms with E-state index in [2.05, 4.69) is 4.74 Å². The van der Waals surface area contributed by atoms with Crippen molar-refractivity contribution in [3.05, 3.63) is 0 Å². The first kappa shape index (κ1) is 39.0. The molecular weight excluding hydrogens is 618 g/mol. The van der Waals surface area contributed by atoms with Crippen molar-refractivity contribution in [1.82, 2.24) is 15.1 Å². The summed E-state index contributed by atoms with van der Waals surface area (Å²) >= 11 is 0. The van der Waals surface area contributed by atoms with Gasteiger partial charge in [-0.05, 0) is 31.6 Å². The first-order chi connectivity index (χ1) is 19.1. The number of hydrogen-bond acceptors (Lipinski definition) is 4. The van der Waals surface area contributed by atoms with Crippen molar-refractivity contribution in [2.75, 3.05) is 39.3 Å². The Kier molecular flexibility index (Phi) is 15.9. The van der Waals surface area contributed by atoms with Crippen LogP contribution in [0, 0.1) is 5.92 Å². The predicted molar refractivity (Wildman–Crippen MR) is 118 cm³/mol. The summed E-state index contributed by atoms with van der Waals surface area (Å²) in [7, 11) is 0. The van der Waals surface area contributed by atoms with Gasteiger partial charge in [0.05, 0.1) is 13.1 Å². The van der Waals surface area contributed by atoms with Crippen LogP contribution in [0.2, 0.25) is 0 Å². The van der Waals surface area contributed by atoms with E-state index in [1.54, 1.807) is 0 Å². The molecule has 0 bridgehead atoms. The minimum absolute atomic E-state index is 0.00867. The zero-order valence-electron chi connectivity index (χ0n) is 21.5. The Labute approximate surface area is 230 Å². The number of hydrogen-bond donors (Lipinski definition) is 3. The van der Waals surface area contributed by atoms with Crippen LogP contribution in [0.4, 0.5) is 67.1 Å². The van der Waals surface area contributed by atoms with E-state index in [-0.39, 0.29) is 41.9 Å². The number of unbranched alkanes of at least 4 members (excludes halogenated alkanes) is 1. The highest BCUT2D eigenvalue weighted by Gasteiger charge is 2.45. The topological polar surface area (TPSA) is 119 Å². The Morgan fingerprint density at radius 3 is 1.48 bits per heavy atom. The third kappa shape index (κ3) is 14.7. The van der Waals surface area contributed by atoms with Crippen molar-refractivity contribution in [2.45, 2.75) is 69.1 Å². The van der Waals surface area contributed by atoms with Gasteiger partial charge in [-0.25, -0.2) is 40.7 Å². The summed E-state index contributed by atoms with van der Waals surface area (Å²) in [5.74, 6) is -14.8. The number of alkyl carbamates (subject to hydrolysis) is 1. The van der Waals surface area contributed by atoms with Gasteiger partial charge in [0.2, 0.25) is 0 Å². The van der Waals surface area contributed by atoms with Gasteiger partial charge >= 0.3 is 55.3 Å². The van der Waals surface area contributed by atoms with Crippen LogP contribution >= 0.6 is 0 Å². The van der Waals surface area contributed by atoms with Crippen molar-refractivity contribution < 1.29 is 82.0 Å². The van der Waals surface area contributed by atoms with E-state index >= 15 is 0 Å². The normalized spacial score (nSPS) is 13.4. The fraction of sp³-hybridized carbons (Fsp3) is 0.857. The van der Waals surface area contributed by atoms with Crippen molar-refractivity contribution >= 4 is 18.3 Å². The maximum atomic E-state index is 13.3. The molecule has 21 heteroatoms. The zero-order valence-corrected chi connectivity index (χ0v) is 21.5. The Morgan fingerprint density at radius 1 is 0.667 bits per heavy atom. The summed E-state index contributed by atoms with van der Waals surface area (Å²) < 4.78 is 157. The quantitative estimate of drug-likeness (QED) is 0.111. The van der Waals surface area contributed by atoms with Gasteiger partial charge in [0.1, 0.15) is 0 Å². The number of nitrogens with zero attached hydrogens (tertiary/aromatic N) is 2. The van der Waals surface area contributed by atoms with Crippen molar-refractivity contribution in [3.8, 4) is 0 Å². The first-order valence-electron chi connectivity index (χ1n) is 12.0. The van der Waals surface area contributed by atoms with Gasteiger partial charge in [-0.2, -0.15) is 26.3 Å². The minimum atomic E-state index is -4.68. The van der Waals surface area contributed by atoms with Crippen LogP contribution in [0.3, 0.4) is 0 Å². The summed E-state index contributed by atoms with van der Waals surface area (Å²) in [6, 6.07) is 0. The number of alkyl halides is 12. The van der Waals surface area contributed by atoms with Gasteiger partial charge in [0.25, 0.3) is 0 Å². The molecule has 0 aromatic heterocycles.